The predicted octanol–water partition coefficient (Wildman–Crippen LogP) is 9.41. The summed E-state index contributed by atoms with van der Waals surface area (Å²) >= 11 is 0. The number of rotatable bonds is 3. The van der Waals surface area contributed by atoms with E-state index < -0.39 is 23.5 Å². The van der Waals surface area contributed by atoms with E-state index in [0.717, 1.165) is 27.5 Å². The van der Waals surface area contributed by atoms with Crippen LogP contribution in [0.5, 0.6) is 0 Å². The fourth-order valence-electron chi connectivity index (χ4n) is 4.09. The van der Waals surface area contributed by atoms with Crippen LogP contribution < -0.4 is 0 Å². The molecule has 0 aliphatic rings. The molecule has 0 fully saturated rings. The highest BCUT2D eigenvalue weighted by Crippen LogP contribution is 2.38. The second kappa shape index (κ2) is 9.03. The van der Waals surface area contributed by atoms with E-state index in [4.69, 9.17) is 0 Å². The van der Waals surface area contributed by atoms with Gasteiger partial charge in [0, 0.05) is 17.3 Å². The molecule has 4 aromatic carbocycles. The molecular weight excluding hydrogens is 495 g/mol. The van der Waals surface area contributed by atoms with Crippen LogP contribution in [0.4, 0.5) is 30.7 Å². The average molecular weight is 511 g/mol. The topological polar surface area (TPSA) is 12.9 Å². The fraction of sp³-hybridized carbons (Fsp3) is 0.0690. The summed E-state index contributed by atoms with van der Waals surface area (Å²) in [6, 6.07) is 22.0. The van der Waals surface area contributed by atoms with Gasteiger partial charge < -0.3 is 0 Å². The Bertz CT molecular complexity index is 1550. The van der Waals surface area contributed by atoms with Crippen molar-refractivity contribution in [1.29, 1.82) is 0 Å². The maximum atomic E-state index is 13.3. The van der Waals surface area contributed by atoms with E-state index in [2.05, 4.69) is 4.98 Å². The molecule has 8 heteroatoms. The van der Waals surface area contributed by atoms with Gasteiger partial charge in [-0.25, -0.2) is 4.39 Å². The quantitative estimate of drug-likeness (QED) is 0.220. The number of halogens is 7. The number of hydrogen-bond acceptors (Lipinski definition) is 1. The second-order valence-electron chi connectivity index (χ2n) is 8.51. The molecule has 37 heavy (non-hydrogen) atoms. The molecule has 0 atom stereocenters. The lowest BCUT2D eigenvalue weighted by molar-refractivity contribution is -0.143. The molecule has 0 aliphatic carbocycles. The third-order valence-electron chi connectivity index (χ3n) is 6.00. The van der Waals surface area contributed by atoms with Crippen molar-refractivity contribution in [3.8, 4) is 33.5 Å². The zero-order valence-corrected chi connectivity index (χ0v) is 18.8. The third kappa shape index (κ3) is 5.18. The molecule has 1 aromatic heterocycles. The molecule has 0 saturated heterocycles. The normalized spacial score (nSPS) is 12.2. The summed E-state index contributed by atoms with van der Waals surface area (Å²) in [6.07, 6.45) is -8.46. The summed E-state index contributed by atoms with van der Waals surface area (Å²) in [5.74, 6) is -0.331. The number of nitrogens with zero attached hydrogens (tertiary/aromatic N) is 1. The first-order chi connectivity index (χ1) is 17.5. The maximum absolute atomic E-state index is 13.3. The maximum Gasteiger partial charge on any atom is 0.416 e. The largest absolute Gasteiger partial charge is 0.416 e. The molecule has 0 amide bonds. The summed E-state index contributed by atoms with van der Waals surface area (Å²) in [7, 11) is 0. The third-order valence-corrected chi connectivity index (χ3v) is 6.00. The van der Waals surface area contributed by atoms with Crippen LogP contribution in [0.15, 0.2) is 97.2 Å². The number of hydrogen-bond donors (Lipinski definition) is 0. The molecular formula is C29H16F7N. The second-order valence-corrected chi connectivity index (χ2v) is 8.51. The molecule has 5 rings (SSSR count). The van der Waals surface area contributed by atoms with Crippen molar-refractivity contribution in [3.05, 3.63) is 114 Å². The van der Waals surface area contributed by atoms with Crippen molar-refractivity contribution in [2.75, 3.05) is 0 Å². The Morgan fingerprint density at radius 2 is 0.973 bits per heavy atom. The highest BCUT2D eigenvalue weighted by Gasteiger charge is 2.37. The SMILES string of the molecule is Fc1ccc(-c2ccc3ccc(-c4ccc(-c5cc(C(F)(F)F)cc(C(F)(F)F)c5)nc4)cc3c2)cc1. The van der Waals surface area contributed by atoms with E-state index in [1.54, 1.807) is 18.2 Å². The monoisotopic (exact) mass is 511 g/mol. The first-order valence-corrected chi connectivity index (χ1v) is 11.0. The lowest BCUT2D eigenvalue weighted by Crippen LogP contribution is -2.11. The summed E-state index contributed by atoms with van der Waals surface area (Å²) in [4.78, 5) is 4.15. The highest BCUT2D eigenvalue weighted by atomic mass is 19.4. The Labute approximate surface area is 206 Å². The van der Waals surface area contributed by atoms with Crippen molar-refractivity contribution in [2.24, 2.45) is 0 Å². The minimum atomic E-state index is -4.94. The Balaban J connectivity index is 1.50. The van der Waals surface area contributed by atoms with Crippen LogP contribution >= 0.6 is 0 Å². The van der Waals surface area contributed by atoms with Crippen molar-refractivity contribution < 1.29 is 30.7 Å². The van der Waals surface area contributed by atoms with E-state index in [-0.39, 0.29) is 23.1 Å². The Morgan fingerprint density at radius 3 is 1.49 bits per heavy atom. The van der Waals surface area contributed by atoms with Crippen LogP contribution in [0.2, 0.25) is 0 Å². The van der Waals surface area contributed by atoms with Crippen LogP contribution in [0.1, 0.15) is 11.1 Å². The van der Waals surface area contributed by atoms with E-state index in [0.29, 0.717) is 17.7 Å². The number of benzene rings is 4. The molecule has 0 aliphatic heterocycles. The van der Waals surface area contributed by atoms with Crippen molar-refractivity contribution in [1.82, 2.24) is 4.98 Å². The van der Waals surface area contributed by atoms with Crippen LogP contribution in [-0.2, 0) is 12.4 Å². The average Bonchev–Trinajstić information content (AvgIpc) is 2.87. The lowest BCUT2D eigenvalue weighted by Gasteiger charge is -2.14. The van der Waals surface area contributed by atoms with Gasteiger partial charge in [0.15, 0.2) is 0 Å². The van der Waals surface area contributed by atoms with Gasteiger partial charge in [0.25, 0.3) is 0 Å². The molecule has 1 nitrogen and oxygen atoms in total. The van der Waals surface area contributed by atoms with Gasteiger partial charge in [-0.15, -0.1) is 0 Å². The Hall–Kier alpha value is -4.20. The molecule has 0 spiro atoms. The summed E-state index contributed by atoms with van der Waals surface area (Å²) in [5.41, 5.74) is 0.0612. The molecule has 186 valence electrons. The van der Waals surface area contributed by atoms with Gasteiger partial charge in [-0.2, -0.15) is 26.3 Å². The number of aromatic nitrogens is 1. The minimum Gasteiger partial charge on any atom is -0.256 e. The first-order valence-electron chi connectivity index (χ1n) is 11.0. The molecule has 0 radical (unpaired) electrons. The van der Waals surface area contributed by atoms with Gasteiger partial charge in [-0.3, -0.25) is 4.98 Å². The Morgan fingerprint density at radius 1 is 0.459 bits per heavy atom. The molecule has 0 saturated carbocycles. The zero-order valence-electron chi connectivity index (χ0n) is 18.8. The molecule has 0 N–H and O–H groups in total. The molecule has 1 heterocycles. The van der Waals surface area contributed by atoms with Gasteiger partial charge in [-0.05, 0) is 76.0 Å². The van der Waals surface area contributed by atoms with Crippen LogP contribution in [0.25, 0.3) is 44.3 Å². The van der Waals surface area contributed by atoms with Gasteiger partial charge in [0.05, 0.1) is 16.8 Å². The van der Waals surface area contributed by atoms with Gasteiger partial charge in [0.2, 0.25) is 0 Å². The summed E-state index contributed by atoms with van der Waals surface area (Å²) in [6.45, 7) is 0. The Kier molecular flexibility index (Phi) is 5.98. The van der Waals surface area contributed by atoms with Crippen molar-refractivity contribution in [2.45, 2.75) is 12.4 Å². The van der Waals surface area contributed by atoms with Crippen LogP contribution in [0, 0.1) is 5.82 Å². The van der Waals surface area contributed by atoms with E-state index in [1.807, 2.05) is 36.4 Å². The van der Waals surface area contributed by atoms with Gasteiger partial charge >= 0.3 is 12.4 Å². The highest BCUT2D eigenvalue weighted by molar-refractivity contribution is 5.91. The van der Waals surface area contributed by atoms with E-state index >= 15 is 0 Å². The zero-order chi connectivity index (χ0) is 26.4. The number of alkyl halides is 6. The van der Waals surface area contributed by atoms with E-state index in [1.165, 1.54) is 24.4 Å². The molecule has 5 aromatic rings. The molecule has 0 bridgehead atoms. The predicted molar refractivity (Wildman–Crippen MR) is 128 cm³/mol. The first kappa shape index (κ1) is 24.5. The standard InChI is InChI=1S/C29H16F7N/c30-26-8-5-17(6-9-26)19-3-1-18-2-4-20(12-22(18)11-19)21-7-10-27(37-16-21)23-13-24(28(31,32)33)15-25(14-23)29(34,35)36/h1-16H. The number of fused-ring (bicyclic) bond motifs is 1. The van der Waals surface area contributed by atoms with Crippen molar-refractivity contribution in [3.63, 3.8) is 0 Å². The fourth-order valence-corrected chi connectivity index (χ4v) is 4.09. The lowest BCUT2D eigenvalue weighted by atomic mass is 9.97. The van der Waals surface area contributed by atoms with Crippen molar-refractivity contribution >= 4 is 10.8 Å². The number of pyridine rings is 1. The van der Waals surface area contributed by atoms with Crippen LogP contribution in [0.3, 0.4) is 0 Å². The van der Waals surface area contributed by atoms with Gasteiger partial charge in [0.1, 0.15) is 5.82 Å². The smallest absolute Gasteiger partial charge is 0.256 e. The summed E-state index contributed by atoms with van der Waals surface area (Å²) in [5, 5.41) is 1.86. The summed E-state index contributed by atoms with van der Waals surface area (Å²) < 4.78 is 92.6. The minimum absolute atomic E-state index is 0.0141. The molecule has 0 unspecified atom stereocenters. The van der Waals surface area contributed by atoms with E-state index in [9.17, 15) is 30.7 Å². The van der Waals surface area contributed by atoms with Gasteiger partial charge in [-0.1, -0.05) is 42.5 Å². The van der Waals surface area contributed by atoms with Crippen LogP contribution in [-0.4, -0.2) is 4.98 Å².